The lowest BCUT2D eigenvalue weighted by Gasteiger charge is -2.22. The van der Waals surface area contributed by atoms with Crippen molar-refractivity contribution in [3.63, 3.8) is 0 Å². The number of halogens is 1. The first-order valence-corrected chi connectivity index (χ1v) is 7.69. The van der Waals surface area contributed by atoms with Crippen LogP contribution in [0.3, 0.4) is 0 Å². The van der Waals surface area contributed by atoms with E-state index >= 15 is 0 Å². The number of fused-ring (bicyclic) bond motifs is 2. The molecule has 1 atom stereocenters. The van der Waals surface area contributed by atoms with Gasteiger partial charge < -0.3 is 4.74 Å². The van der Waals surface area contributed by atoms with Gasteiger partial charge in [0.1, 0.15) is 6.61 Å². The molecule has 0 spiro atoms. The number of hydrogen-bond acceptors (Lipinski definition) is 2. The predicted molar refractivity (Wildman–Crippen MR) is 83.5 cm³/mol. The molecule has 1 aliphatic carbocycles. The Kier molecular flexibility index (Phi) is 2.88. The zero-order valence-electron chi connectivity index (χ0n) is 11.0. The van der Waals surface area contributed by atoms with E-state index in [4.69, 9.17) is 9.73 Å². The highest BCUT2D eigenvalue weighted by Crippen LogP contribution is 2.39. The molecule has 2 aliphatic rings. The highest BCUT2D eigenvalue weighted by Gasteiger charge is 2.30. The molecule has 2 nitrogen and oxygen atoms in total. The van der Waals surface area contributed by atoms with Crippen molar-refractivity contribution in [2.24, 2.45) is 4.99 Å². The Labute approximate surface area is 126 Å². The average Bonchev–Trinajstić information content (AvgIpc) is 2.91. The van der Waals surface area contributed by atoms with Crippen molar-refractivity contribution in [3.05, 3.63) is 63.6 Å². The van der Waals surface area contributed by atoms with Crippen molar-refractivity contribution >= 4 is 27.5 Å². The van der Waals surface area contributed by atoms with Crippen LogP contribution in [0, 0.1) is 0 Å². The fourth-order valence-corrected chi connectivity index (χ4v) is 3.55. The van der Waals surface area contributed by atoms with Crippen molar-refractivity contribution in [2.75, 3.05) is 0 Å². The minimum atomic E-state index is 0.318. The summed E-state index contributed by atoms with van der Waals surface area (Å²) in [6, 6.07) is 14.7. The van der Waals surface area contributed by atoms with Gasteiger partial charge in [-0.2, -0.15) is 0 Å². The summed E-state index contributed by atoms with van der Waals surface area (Å²) in [5.41, 5.74) is 4.99. The molecule has 20 heavy (non-hydrogen) atoms. The SMILES string of the molecule is Brc1cccc2c1COC(C1CCc3ccccc31)=N2. The van der Waals surface area contributed by atoms with Crippen molar-refractivity contribution < 1.29 is 4.74 Å². The summed E-state index contributed by atoms with van der Waals surface area (Å²) in [6.45, 7) is 0.605. The van der Waals surface area contributed by atoms with Crippen LogP contribution < -0.4 is 0 Å². The van der Waals surface area contributed by atoms with Gasteiger partial charge in [-0.1, -0.05) is 46.3 Å². The molecule has 3 heteroatoms. The number of nitrogens with zero attached hydrogens (tertiary/aromatic N) is 1. The number of aliphatic imine (C=N–C) groups is 1. The fraction of sp³-hybridized carbons (Fsp3) is 0.235. The second-order valence-electron chi connectivity index (χ2n) is 5.27. The highest BCUT2D eigenvalue weighted by molar-refractivity contribution is 9.10. The molecule has 4 rings (SSSR count). The number of rotatable bonds is 1. The van der Waals surface area contributed by atoms with Crippen LogP contribution in [0.5, 0.6) is 0 Å². The zero-order valence-corrected chi connectivity index (χ0v) is 12.6. The first-order chi connectivity index (χ1) is 9.83. The van der Waals surface area contributed by atoms with Crippen molar-refractivity contribution in [1.82, 2.24) is 0 Å². The largest absolute Gasteiger partial charge is 0.475 e. The molecule has 0 radical (unpaired) electrons. The van der Waals surface area contributed by atoms with Gasteiger partial charge in [0.2, 0.25) is 0 Å². The van der Waals surface area contributed by atoms with E-state index in [2.05, 4.69) is 46.3 Å². The smallest absolute Gasteiger partial charge is 0.196 e. The molecule has 1 unspecified atom stereocenters. The van der Waals surface area contributed by atoms with Gasteiger partial charge >= 0.3 is 0 Å². The monoisotopic (exact) mass is 327 g/mol. The zero-order chi connectivity index (χ0) is 13.5. The van der Waals surface area contributed by atoms with Gasteiger partial charge in [-0.15, -0.1) is 0 Å². The molecule has 0 bridgehead atoms. The third-order valence-corrected chi connectivity index (χ3v) is 4.86. The summed E-state index contributed by atoms with van der Waals surface area (Å²) in [5.74, 6) is 1.19. The lowest BCUT2D eigenvalue weighted by Crippen LogP contribution is -2.17. The van der Waals surface area contributed by atoms with Crippen LogP contribution in [0.2, 0.25) is 0 Å². The van der Waals surface area contributed by atoms with Gasteiger partial charge in [0.15, 0.2) is 5.90 Å². The summed E-state index contributed by atoms with van der Waals surface area (Å²) in [5, 5.41) is 0. The van der Waals surface area contributed by atoms with E-state index in [0.29, 0.717) is 12.5 Å². The Bertz CT molecular complexity index is 708. The maximum absolute atomic E-state index is 5.95. The molecule has 0 saturated heterocycles. The third-order valence-electron chi connectivity index (χ3n) is 4.12. The number of ether oxygens (including phenoxy) is 1. The quantitative estimate of drug-likeness (QED) is 0.741. The van der Waals surface area contributed by atoms with Crippen LogP contribution in [-0.2, 0) is 17.8 Å². The third kappa shape index (κ3) is 1.88. The summed E-state index contributed by atoms with van der Waals surface area (Å²) < 4.78 is 7.02. The van der Waals surface area contributed by atoms with Crippen LogP contribution >= 0.6 is 15.9 Å². The normalized spacial score (nSPS) is 19.9. The predicted octanol–water partition coefficient (Wildman–Crippen LogP) is 4.74. The van der Waals surface area contributed by atoms with Crippen molar-refractivity contribution in [2.45, 2.75) is 25.4 Å². The standard InChI is InChI=1S/C17H14BrNO/c18-15-6-3-7-16-14(15)10-20-17(19-16)13-9-8-11-4-1-2-5-12(11)13/h1-7,13H,8-10H2. The lowest BCUT2D eigenvalue weighted by atomic mass is 10.0. The van der Waals surface area contributed by atoms with E-state index in [1.54, 1.807) is 0 Å². The van der Waals surface area contributed by atoms with Gasteiger partial charge in [0.25, 0.3) is 0 Å². The fourth-order valence-electron chi connectivity index (χ4n) is 3.08. The number of hydrogen-bond donors (Lipinski definition) is 0. The van der Waals surface area contributed by atoms with Crippen LogP contribution in [0.15, 0.2) is 51.9 Å². The molecule has 0 fully saturated rings. The Morgan fingerprint density at radius 2 is 2.00 bits per heavy atom. The second-order valence-corrected chi connectivity index (χ2v) is 6.12. The molecular formula is C17H14BrNO. The van der Waals surface area contributed by atoms with Gasteiger partial charge in [0, 0.05) is 10.0 Å². The Morgan fingerprint density at radius 3 is 2.95 bits per heavy atom. The topological polar surface area (TPSA) is 21.6 Å². The highest BCUT2D eigenvalue weighted by atomic mass is 79.9. The van der Waals surface area contributed by atoms with Gasteiger partial charge in [-0.3, -0.25) is 0 Å². The van der Waals surface area contributed by atoms with Gasteiger partial charge in [0.05, 0.1) is 11.6 Å². The van der Waals surface area contributed by atoms with Crippen molar-refractivity contribution in [1.29, 1.82) is 0 Å². The molecule has 2 aromatic rings. The first kappa shape index (κ1) is 12.2. The number of benzene rings is 2. The molecule has 0 N–H and O–H groups in total. The molecule has 100 valence electrons. The van der Waals surface area contributed by atoms with E-state index in [1.165, 1.54) is 11.1 Å². The summed E-state index contributed by atoms with van der Waals surface area (Å²) in [4.78, 5) is 4.75. The molecule has 1 aliphatic heterocycles. The molecule has 0 saturated carbocycles. The molecule has 2 aromatic carbocycles. The molecule has 0 amide bonds. The van der Waals surface area contributed by atoms with Gasteiger partial charge in [-0.05, 0) is 36.1 Å². The Hall–Kier alpha value is -1.61. The van der Waals surface area contributed by atoms with E-state index in [1.807, 2.05) is 12.1 Å². The molecular weight excluding hydrogens is 314 g/mol. The van der Waals surface area contributed by atoms with E-state index < -0.39 is 0 Å². The average molecular weight is 328 g/mol. The Morgan fingerprint density at radius 1 is 1.10 bits per heavy atom. The van der Waals surface area contributed by atoms with Gasteiger partial charge in [-0.25, -0.2) is 4.99 Å². The van der Waals surface area contributed by atoms with E-state index in [9.17, 15) is 0 Å². The van der Waals surface area contributed by atoms with Crippen LogP contribution in [0.25, 0.3) is 0 Å². The van der Waals surface area contributed by atoms with E-state index in [0.717, 1.165) is 34.5 Å². The second kappa shape index (κ2) is 4.74. The summed E-state index contributed by atoms with van der Waals surface area (Å²) in [7, 11) is 0. The van der Waals surface area contributed by atoms with E-state index in [-0.39, 0.29) is 0 Å². The maximum Gasteiger partial charge on any atom is 0.196 e. The number of aryl methyl sites for hydroxylation is 1. The maximum atomic E-state index is 5.95. The Balaban J connectivity index is 1.75. The van der Waals surface area contributed by atoms with Crippen LogP contribution in [-0.4, -0.2) is 5.90 Å². The van der Waals surface area contributed by atoms with Crippen LogP contribution in [0.1, 0.15) is 29.0 Å². The summed E-state index contributed by atoms with van der Waals surface area (Å²) >= 11 is 3.56. The lowest BCUT2D eigenvalue weighted by molar-refractivity contribution is 0.271. The van der Waals surface area contributed by atoms with Crippen LogP contribution in [0.4, 0.5) is 5.69 Å². The molecule has 1 heterocycles. The molecule has 0 aromatic heterocycles. The first-order valence-electron chi connectivity index (χ1n) is 6.89. The minimum Gasteiger partial charge on any atom is -0.475 e. The van der Waals surface area contributed by atoms with Crippen molar-refractivity contribution in [3.8, 4) is 0 Å². The minimum absolute atomic E-state index is 0.318. The summed E-state index contributed by atoms with van der Waals surface area (Å²) in [6.07, 6.45) is 2.22.